The quantitative estimate of drug-likeness (QED) is 0.669. The van der Waals surface area contributed by atoms with Gasteiger partial charge in [-0.25, -0.2) is 0 Å². The van der Waals surface area contributed by atoms with E-state index in [9.17, 15) is 0 Å². The maximum Gasteiger partial charge on any atom is 0.0467 e. The maximum atomic E-state index is 5.14. The number of methoxy groups -OCH3 is 1. The summed E-state index contributed by atoms with van der Waals surface area (Å²) in [6.07, 6.45) is 5.27. The predicted molar refractivity (Wildman–Crippen MR) is 65.1 cm³/mol. The summed E-state index contributed by atoms with van der Waals surface area (Å²) < 4.78 is 5.14. The summed E-state index contributed by atoms with van der Waals surface area (Å²) in [7, 11) is 1.78. The van der Waals surface area contributed by atoms with Crippen LogP contribution in [0.2, 0.25) is 0 Å². The van der Waals surface area contributed by atoms with E-state index in [0.29, 0.717) is 5.41 Å². The smallest absolute Gasteiger partial charge is 0.0467 e. The minimum Gasteiger partial charge on any atom is -0.385 e. The van der Waals surface area contributed by atoms with E-state index in [1.165, 1.54) is 19.3 Å². The minimum atomic E-state index is 0.359. The molecule has 0 bridgehead atoms. The fraction of sp³-hybridized carbons (Fsp3) is 1.00. The first kappa shape index (κ1) is 13.0. The highest BCUT2D eigenvalue weighted by Gasteiger charge is 2.30. The van der Waals surface area contributed by atoms with Crippen molar-refractivity contribution in [2.24, 2.45) is 11.3 Å². The van der Waals surface area contributed by atoms with E-state index in [4.69, 9.17) is 4.74 Å². The van der Waals surface area contributed by atoms with Gasteiger partial charge in [0, 0.05) is 26.3 Å². The number of nitrogens with one attached hydrogen (secondary N) is 1. The van der Waals surface area contributed by atoms with E-state index in [0.717, 1.165) is 31.5 Å². The molecule has 2 nitrogen and oxygen atoms in total. The first-order valence-electron chi connectivity index (χ1n) is 6.31. The van der Waals surface area contributed by atoms with Crippen LogP contribution in [0.3, 0.4) is 0 Å². The number of hydrogen-bond acceptors (Lipinski definition) is 2. The lowest BCUT2D eigenvalue weighted by Gasteiger charge is -2.28. The van der Waals surface area contributed by atoms with Crippen LogP contribution in [0.15, 0.2) is 0 Å². The van der Waals surface area contributed by atoms with Crippen LogP contribution in [0, 0.1) is 11.3 Å². The van der Waals surface area contributed by atoms with Gasteiger partial charge in [0.15, 0.2) is 0 Å². The monoisotopic (exact) mass is 213 g/mol. The second-order valence-corrected chi connectivity index (χ2v) is 5.64. The van der Waals surface area contributed by atoms with Gasteiger partial charge in [-0.3, -0.25) is 0 Å². The van der Waals surface area contributed by atoms with Gasteiger partial charge in [0.2, 0.25) is 0 Å². The molecular weight excluding hydrogens is 186 g/mol. The molecule has 0 amide bonds. The molecule has 1 N–H and O–H groups in total. The SMILES string of the molecule is CCC(NCC(C)(C)CCOC)C1CC1. The molecule has 1 unspecified atom stereocenters. The molecule has 1 rings (SSSR count). The topological polar surface area (TPSA) is 21.3 Å². The molecule has 0 aliphatic heterocycles. The highest BCUT2D eigenvalue weighted by atomic mass is 16.5. The molecule has 0 radical (unpaired) electrons. The molecule has 15 heavy (non-hydrogen) atoms. The molecule has 2 heteroatoms. The van der Waals surface area contributed by atoms with Gasteiger partial charge in [-0.1, -0.05) is 20.8 Å². The Labute approximate surface area is 94.8 Å². The van der Waals surface area contributed by atoms with Crippen molar-refractivity contribution >= 4 is 0 Å². The maximum absolute atomic E-state index is 5.14. The van der Waals surface area contributed by atoms with Gasteiger partial charge in [0.1, 0.15) is 0 Å². The average Bonchev–Trinajstić information content (AvgIpc) is 3.00. The van der Waals surface area contributed by atoms with Crippen LogP contribution < -0.4 is 5.32 Å². The molecule has 0 aromatic carbocycles. The lowest BCUT2D eigenvalue weighted by atomic mass is 9.89. The summed E-state index contributed by atoms with van der Waals surface area (Å²) in [6.45, 7) is 8.91. The Hall–Kier alpha value is -0.0800. The van der Waals surface area contributed by atoms with Crippen molar-refractivity contribution in [3.63, 3.8) is 0 Å². The van der Waals surface area contributed by atoms with Crippen molar-refractivity contribution in [3.8, 4) is 0 Å². The Morgan fingerprint density at radius 2 is 2.07 bits per heavy atom. The lowest BCUT2D eigenvalue weighted by Crippen LogP contribution is -2.38. The van der Waals surface area contributed by atoms with E-state index in [-0.39, 0.29) is 0 Å². The first-order chi connectivity index (χ1) is 7.09. The van der Waals surface area contributed by atoms with Crippen molar-refractivity contribution < 1.29 is 4.74 Å². The highest BCUT2D eigenvalue weighted by Crippen LogP contribution is 2.34. The Morgan fingerprint density at radius 3 is 2.53 bits per heavy atom. The summed E-state index contributed by atoms with van der Waals surface area (Å²) in [6, 6.07) is 0.756. The summed E-state index contributed by atoms with van der Waals surface area (Å²) in [5.41, 5.74) is 0.359. The molecule has 0 saturated heterocycles. The van der Waals surface area contributed by atoms with Crippen molar-refractivity contribution in [3.05, 3.63) is 0 Å². The standard InChI is InChI=1S/C13H27NO/c1-5-12(11-6-7-11)14-10-13(2,3)8-9-15-4/h11-12,14H,5-10H2,1-4H3. The molecule has 1 fully saturated rings. The lowest BCUT2D eigenvalue weighted by molar-refractivity contribution is 0.148. The fourth-order valence-corrected chi connectivity index (χ4v) is 2.02. The van der Waals surface area contributed by atoms with Gasteiger partial charge in [0.05, 0.1) is 0 Å². The molecule has 1 aliphatic rings. The third-order valence-corrected chi connectivity index (χ3v) is 3.46. The van der Waals surface area contributed by atoms with Gasteiger partial charge in [0.25, 0.3) is 0 Å². The van der Waals surface area contributed by atoms with Gasteiger partial charge >= 0.3 is 0 Å². The van der Waals surface area contributed by atoms with Crippen LogP contribution in [0.25, 0.3) is 0 Å². The molecule has 1 aliphatic carbocycles. The molecule has 90 valence electrons. The van der Waals surface area contributed by atoms with Gasteiger partial charge in [-0.05, 0) is 37.0 Å². The normalized spacial score (nSPS) is 19.2. The van der Waals surface area contributed by atoms with E-state index >= 15 is 0 Å². The van der Waals surface area contributed by atoms with E-state index in [1.807, 2.05) is 0 Å². The first-order valence-corrected chi connectivity index (χ1v) is 6.31. The van der Waals surface area contributed by atoms with Crippen molar-refractivity contribution in [1.82, 2.24) is 5.32 Å². The minimum absolute atomic E-state index is 0.359. The van der Waals surface area contributed by atoms with Crippen LogP contribution in [0.4, 0.5) is 0 Å². The molecule has 0 spiro atoms. The number of rotatable bonds is 8. The van der Waals surface area contributed by atoms with Crippen LogP contribution >= 0.6 is 0 Å². The number of ether oxygens (including phenoxy) is 1. The van der Waals surface area contributed by atoms with E-state index in [2.05, 4.69) is 26.1 Å². The zero-order valence-corrected chi connectivity index (χ0v) is 10.8. The fourth-order valence-electron chi connectivity index (χ4n) is 2.02. The van der Waals surface area contributed by atoms with Gasteiger partial charge in [-0.15, -0.1) is 0 Å². The van der Waals surface area contributed by atoms with Crippen molar-refractivity contribution in [2.75, 3.05) is 20.3 Å². The second kappa shape index (κ2) is 5.86. The van der Waals surface area contributed by atoms with Crippen LogP contribution in [0.1, 0.15) is 46.5 Å². The Balaban J connectivity index is 2.20. The third kappa shape index (κ3) is 4.98. The second-order valence-electron chi connectivity index (χ2n) is 5.64. The van der Waals surface area contributed by atoms with Crippen molar-refractivity contribution in [1.29, 1.82) is 0 Å². The average molecular weight is 213 g/mol. The van der Waals surface area contributed by atoms with E-state index in [1.54, 1.807) is 7.11 Å². The Morgan fingerprint density at radius 1 is 1.40 bits per heavy atom. The summed E-state index contributed by atoms with van der Waals surface area (Å²) in [5, 5.41) is 3.72. The summed E-state index contributed by atoms with van der Waals surface area (Å²) >= 11 is 0. The zero-order valence-electron chi connectivity index (χ0n) is 10.8. The van der Waals surface area contributed by atoms with Crippen molar-refractivity contribution in [2.45, 2.75) is 52.5 Å². The highest BCUT2D eigenvalue weighted by molar-refractivity contribution is 4.87. The molecule has 0 heterocycles. The molecule has 1 atom stereocenters. The van der Waals surface area contributed by atoms with Crippen LogP contribution in [0.5, 0.6) is 0 Å². The van der Waals surface area contributed by atoms with Crippen LogP contribution in [-0.4, -0.2) is 26.3 Å². The molecule has 1 saturated carbocycles. The van der Waals surface area contributed by atoms with Gasteiger partial charge in [-0.2, -0.15) is 0 Å². The zero-order chi connectivity index (χ0) is 11.3. The molecular formula is C13H27NO. The Kier molecular flexibility index (Phi) is 5.07. The summed E-state index contributed by atoms with van der Waals surface area (Å²) in [5.74, 6) is 0.966. The van der Waals surface area contributed by atoms with Gasteiger partial charge < -0.3 is 10.1 Å². The Bertz CT molecular complexity index is 175. The van der Waals surface area contributed by atoms with Crippen LogP contribution in [-0.2, 0) is 4.74 Å². The third-order valence-electron chi connectivity index (χ3n) is 3.46. The molecule has 0 aromatic heterocycles. The number of hydrogen-bond donors (Lipinski definition) is 1. The summed E-state index contributed by atoms with van der Waals surface area (Å²) in [4.78, 5) is 0. The molecule has 0 aromatic rings. The van der Waals surface area contributed by atoms with E-state index < -0.39 is 0 Å². The predicted octanol–water partition coefficient (Wildman–Crippen LogP) is 2.83. The largest absolute Gasteiger partial charge is 0.385 e.